The number of hydrogen-bond donors (Lipinski definition) is 2. The maximum absolute atomic E-state index is 12.6. The summed E-state index contributed by atoms with van der Waals surface area (Å²) in [5, 5.41) is 4.11. The van der Waals surface area contributed by atoms with Crippen LogP contribution in [-0.2, 0) is 9.59 Å². The Morgan fingerprint density at radius 3 is 2.34 bits per heavy atom. The summed E-state index contributed by atoms with van der Waals surface area (Å²) in [5.41, 5.74) is 6.69. The lowest BCUT2D eigenvalue weighted by Crippen LogP contribution is -2.50. The fourth-order valence-corrected chi connectivity index (χ4v) is 4.28. The Balaban J connectivity index is 1.39. The summed E-state index contributed by atoms with van der Waals surface area (Å²) in [6.45, 7) is 4.18. The van der Waals surface area contributed by atoms with Crippen LogP contribution >= 0.6 is 11.8 Å². The van der Waals surface area contributed by atoms with Gasteiger partial charge < -0.3 is 5.32 Å². The van der Waals surface area contributed by atoms with Crippen LogP contribution in [0.3, 0.4) is 0 Å². The number of nitrogens with zero attached hydrogens (tertiary/aromatic N) is 1. The van der Waals surface area contributed by atoms with Crippen LogP contribution in [0.15, 0.2) is 76.5 Å². The fourth-order valence-electron chi connectivity index (χ4n) is 3.40. The van der Waals surface area contributed by atoms with Crippen LogP contribution in [-0.4, -0.2) is 17.7 Å². The molecule has 1 fully saturated rings. The quantitative estimate of drug-likeness (QED) is 0.588. The highest BCUT2D eigenvalue weighted by Crippen LogP contribution is 2.31. The van der Waals surface area contributed by atoms with Crippen molar-refractivity contribution in [2.75, 3.05) is 10.3 Å². The molecule has 1 saturated heterocycles. The monoisotopic (exact) mass is 445 g/mol. The first-order valence-corrected chi connectivity index (χ1v) is 11.1. The molecule has 32 heavy (non-hydrogen) atoms. The van der Waals surface area contributed by atoms with Gasteiger partial charge in [-0.2, -0.15) is 0 Å². The molecule has 0 bridgehead atoms. The van der Waals surface area contributed by atoms with E-state index in [9.17, 15) is 14.4 Å². The van der Waals surface area contributed by atoms with Crippen molar-refractivity contribution in [3.05, 3.63) is 83.4 Å². The predicted octanol–water partition coefficient (Wildman–Crippen LogP) is 4.86. The molecular formula is C25H23N3O3S. The molecule has 3 amide bonds. The van der Waals surface area contributed by atoms with Crippen LogP contribution in [0.1, 0.15) is 34.3 Å². The molecule has 1 aliphatic rings. The number of benzene rings is 3. The van der Waals surface area contributed by atoms with E-state index < -0.39 is 0 Å². The van der Waals surface area contributed by atoms with Gasteiger partial charge >= 0.3 is 0 Å². The lowest BCUT2D eigenvalue weighted by atomic mass is 10.1. The van der Waals surface area contributed by atoms with E-state index in [4.69, 9.17) is 0 Å². The maximum Gasteiger partial charge on any atom is 0.255 e. The van der Waals surface area contributed by atoms with E-state index in [2.05, 4.69) is 42.8 Å². The third-order valence-corrected chi connectivity index (χ3v) is 6.30. The molecule has 3 aromatic rings. The van der Waals surface area contributed by atoms with Crippen molar-refractivity contribution in [3.8, 4) is 0 Å². The number of hydrazine groups is 1. The van der Waals surface area contributed by atoms with E-state index in [0.717, 1.165) is 4.90 Å². The molecule has 2 N–H and O–H groups in total. The summed E-state index contributed by atoms with van der Waals surface area (Å²) in [7, 11) is 0. The van der Waals surface area contributed by atoms with E-state index in [1.165, 1.54) is 21.0 Å². The molecule has 1 heterocycles. The van der Waals surface area contributed by atoms with Gasteiger partial charge in [0.05, 0.1) is 5.69 Å². The second-order valence-corrected chi connectivity index (χ2v) is 8.78. The molecular weight excluding hydrogens is 422 g/mol. The Morgan fingerprint density at radius 2 is 1.66 bits per heavy atom. The zero-order chi connectivity index (χ0) is 22.7. The summed E-state index contributed by atoms with van der Waals surface area (Å²) in [6.07, 6.45) is 0.365. The van der Waals surface area contributed by atoms with Gasteiger partial charge in [0.2, 0.25) is 11.8 Å². The Hall–Kier alpha value is -3.58. The first-order chi connectivity index (χ1) is 15.4. The number of rotatable bonds is 5. The van der Waals surface area contributed by atoms with Gasteiger partial charge in [-0.3, -0.25) is 19.8 Å². The highest BCUT2D eigenvalue weighted by molar-refractivity contribution is 7.99. The van der Waals surface area contributed by atoms with E-state index in [-0.39, 0.29) is 30.6 Å². The minimum atomic E-state index is -0.250. The van der Waals surface area contributed by atoms with E-state index in [1.807, 2.05) is 24.3 Å². The van der Waals surface area contributed by atoms with Gasteiger partial charge in [0.25, 0.3) is 5.91 Å². The molecule has 0 unspecified atom stereocenters. The van der Waals surface area contributed by atoms with Gasteiger partial charge in [-0.1, -0.05) is 29.5 Å². The Kier molecular flexibility index (Phi) is 6.28. The molecule has 0 aliphatic carbocycles. The number of amides is 3. The average Bonchev–Trinajstić information content (AvgIpc) is 2.79. The number of anilines is 2. The zero-order valence-electron chi connectivity index (χ0n) is 17.8. The van der Waals surface area contributed by atoms with Crippen LogP contribution < -0.4 is 15.8 Å². The minimum absolute atomic E-state index is 0.172. The SMILES string of the molecule is Cc1ccc(Sc2ccc(NC(=O)c3ccc(N4NC(=O)CCC4=O)cc3)cc2)c(C)c1. The summed E-state index contributed by atoms with van der Waals surface area (Å²) >= 11 is 1.69. The topological polar surface area (TPSA) is 78.5 Å². The lowest BCUT2D eigenvalue weighted by molar-refractivity contribution is -0.130. The van der Waals surface area contributed by atoms with Crippen molar-refractivity contribution in [1.82, 2.24) is 5.43 Å². The normalized spacial score (nSPS) is 13.6. The van der Waals surface area contributed by atoms with Gasteiger partial charge in [0.15, 0.2) is 0 Å². The molecule has 3 aromatic carbocycles. The second-order valence-electron chi connectivity index (χ2n) is 7.66. The number of nitrogens with one attached hydrogen (secondary N) is 2. The Bertz CT molecular complexity index is 1170. The summed E-state index contributed by atoms with van der Waals surface area (Å²) in [5.74, 6) is -0.633. The molecule has 7 heteroatoms. The number of carbonyl (C=O) groups excluding carboxylic acids is 3. The first kappa shape index (κ1) is 21.6. The highest BCUT2D eigenvalue weighted by atomic mass is 32.2. The average molecular weight is 446 g/mol. The summed E-state index contributed by atoms with van der Waals surface area (Å²) in [4.78, 5) is 38.5. The van der Waals surface area contributed by atoms with Crippen molar-refractivity contribution in [3.63, 3.8) is 0 Å². The second kappa shape index (κ2) is 9.28. The largest absolute Gasteiger partial charge is 0.322 e. The number of aryl methyl sites for hydroxylation is 2. The third kappa shape index (κ3) is 5.00. The molecule has 6 nitrogen and oxygen atoms in total. The minimum Gasteiger partial charge on any atom is -0.322 e. The van der Waals surface area contributed by atoms with Gasteiger partial charge in [-0.25, -0.2) is 5.01 Å². The van der Waals surface area contributed by atoms with Crippen LogP contribution in [0.25, 0.3) is 0 Å². The van der Waals surface area contributed by atoms with Crippen molar-refractivity contribution in [2.24, 2.45) is 0 Å². The maximum atomic E-state index is 12.6. The zero-order valence-corrected chi connectivity index (χ0v) is 18.7. The highest BCUT2D eigenvalue weighted by Gasteiger charge is 2.24. The molecule has 0 saturated carbocycles. The van der Waals surface area contributed by atoms with E-state index >= 15 is 0 Å². The van der Waals surface area contributed by atoms with Crippen LogP contribution in [0.2, 0.25) is 0 Å². The molecule has 1 aliphatic heterocycles. The molecule has 0 radical (unpaired) electrons. The standard InChI is InChI=1S/C25H23N3O3S/c1-16-3-12-22(17(2)15-16)32-21-10-6-19(7-11-21)26-25(31)18-4-8-20(9-5-18)28-24(30)14-13-23(29)27-28/h3-12,15H,13-14H2,1-2H3,(H,26,31)(H,27,29). The Morgan fingerprint density at radius 1 is 0.938 bits per heavy atom. The molecule has 162 valence electrons. The van der Waals surface area contributed by atoms with Gasteiger partial charge in [0, 0.05) is 33.9 Å². The van der Waals surface area contributed by atoms with E-state index in [1.54, 1.807) is 36.0 Å². The summed E-state index contributed by atoms with van der Waals surface area (Å²) in [6, 6.07) is 20.6. The van der Waals surface area contributed by atoms with Crippen molar-refractivity contribution in [1.29, 1.82) is 0 Å². The molecule has 4 rings (SSSR count). The Labute approximate surface area is 191 Å². The van der Waals surface area contributed by atoms with Gasteiger partial charge in [-0.15, -0.1) is 0 Å². The number of hydrogen-bond acceptors (Lipinski definition) is 4. The summed E-state index contributed by atoms with van der Waals surface area (Å²) < 4.78 is 0. The van der Waals surface area contributed by atoms with Gasteiger partial charge in [0.1, 0.15) is 0 Å². The molecule has 0 atom stereocenters. The molecule has 0 spiro atoms. The number of carbonyl (C=O) groups is 3. The molecule has 0 aromatic heterocycles. The van der Waals surface area contributed by atoms with Crippen LogP contribution in [0.5, 0.6) is 0 Å². The van der Waals surface area contributed by atoms with Gasteiger partial charge in [-0.05, 0) is 74.0 Å². The van der Waals surface area contributed by atoms with E-state index in [0.29, 0.717) is 16.9 Å². The van der Waals surface area contributed by atoms with Crippen molar-refractivity contribution < 1.29 is 14.4 Å². The first-order valence-electron chi connectivity index (χ1n) is 10.3. The van der Waals surface area contributed by atoms with Crippen LogP contribution in [0.4, 0.5) is 11.4 Å². The van der Waals surface area contributed by atoms with Crippen molar-refractivity contribution in [2.45, 2.75) is 36.5 Å². The smallest absolute Gasteiger partial charge is 0.255 e. The van der Waals surface area contributed by atoms with Crippen LogP contribution in [0, 0.1) is 13.8 Å². The lowest BCUT2D eigenvalue weighted by Gasteiger charge is -2.27. The third-order valence-electron chi connectivity index (χ3n) is 5.11. The van der Waals surface area contributed by atoms with Crippen molar-refractivity contribution >= 4 is 40.9 Å². The predicted molar refractivity (Wildman–Crippen MR) is 126 cm³/mol. The fraction of sp³-hybridized carbons (Fsp3) is 0.160.